The Hall–Kier alpha value is -2.62. The number of nitrogens with one attached hydrogen (secondary N) is 2. The number of carboxylic acids is 1. The molecule has 0 saturated carbocycles. The lowest BCUT2D eigenvalue weighted by Gasteiger charge is -2.44. The average Bonchev–Trinajstić information content (AvgIpc) is 2.86. The monoisotopic (exact) mass is 376 g/mol. The summed E-state index contributed by atoms with van der Waals surface area (Å²) in [7, 11) is 0. The predicted octanol–water partition coefficient (Wildman–Crippen LogP) is 0.886. The molecule has 0 bridgehead atoms. The Morgan fingerprint density at radius 3 is 2.58 bits per heavy atom. The highest BCUT2D eigenvalue weighted by Gasteiger charge is 2.64. The van der Waals surface area contributed by atoms with E-state index in [0.29, 0.717) is 5.56 Å². The van der Waals surface area contributed by atoms with Crippen LogP contribution in [0.4, 0.5) is 0 Å². The number of nitrogens with zero attached hydrogens (tertiary/aromatic N) is 3. The molecule has 0 aromatic heterocycles. The third kappa shape index (κ3) is 2.90. The summed E-state index contributed by atoms with van der Waals surface area (Å²) in [5.41, 5.74) is 11.7. The maximum atomic E-state index is 12.6. The lowest BCUT2D eigenvalue weighted by molar-refractivity contribution is -0.161. The van der Waals surface area contributed by atoms with Gasteiger partial charge in [-0.05, 0) is 19.4 Å². The molecule has 3 rings (SSSR count). The summed E-state index contributed by atoms with van der Waals surface area (Å²) in [6.07, 6.45) is 0. The van der Waals surface area contributed by atoms with Crippen LogP contribution in [0.3, 0.4) is 0 Å². The molecule has 2 heterocycles. The number of hydrogen-bond acceptors (Lipinski definition) is 5. The number of amides is 2. The fourth-order valence-electron chi connectivity index (χ4n) is 3.37. The molecule has 2 fully saturated rings. The molecular weight excluding hydrogens is 358 g/mol. The molecule has 4 atom stereocenters. The van der Waals surface area contributed by atoms with Crippen molar-refractivity contribution >= 4 is 29.5 Å². The highest BCUT2D eigenvalue weighted by atomic mass is 32.2. The maximum Gasteiger partial charge on any atom is 0.327 e. The van der Waals surface area contributed by atoms with Gasteiger partial charge in [-0.25, -0.2) is 4.79 Å². The zero-order valence-electron chi connectivity index (χ0n) is 14.1. The minimum atomic E-state index is -1.06. The third-order valence-electron chi connectivity index (χ3n) is 4.55. The van der Waals surface area contributed by atoms with Crippen LogP contribution in [-0.4, -0.2) is 50.0 Å². The minimum Gasteiger partial charge on any atom is -0.480 e. The lowest BCUT2D eigenvalue weighted by atomic mass is 9.95. The summed E-state index contributed by atoms with van der Waals surface area (Å²) >= 11 is 1.35. The van der Waals surface area contributed by atoms with Gasteiger partial charge in [0.15, 0.2) is 0 Å². The van der Waals surface area contributed by atoms with Gasteiger partial charge < -0.3 is 26.3 Å². The largest absolute Gasteiger partial charge is 0.480 e. The van der Waals surface area contributed by atoms with E-state index >= 15 is 0 Å². The third-order valence-corrected chi connectivity index (χ3v) is 6.13. The van der Waals surface area contributed by atoms with Gasteiger partial charge in [0.05, 0.1) is 6.04 Å². The highest BCUT2D eigenvalue weighted by molar-refractivity contribution is 8.01. The van der Waals surface area contributed by atoms with Crippen LogP contribution in [0.2, 0.25) is 0 Å². The quantitative estimate of drug-likeness (QED) is 0.383. The van der Waals surface area contributed by atoms with Crippen molar-refractivity contribution < 1.29 is 19.5 Å². The summed E-state index contributed by atoms with van der Waals surface area (Å²) in [6.45, 7) is 3.53. The summed E-state index contributed by atoms with van der Waals surface area (Å²) < 4.78 is -0.664. The maximum absolute atomic E-state index is 12.6. The number of carbonyl (C=O) groups is 3. The Morgan fingerprint density at radius 1 is 1.35 bits per heavy atom. The normalized spacial score (nSPS) is 27.1. The van der Waals surface area contributed by atoms with E-state index < -0.39 is 46.0 Å². The van der Waals surface area contributed by atoms with E-state index in [1.54, 1.807) is 44.2 Å². The van der Waals surface area contributed by atoms with Gasteiger partial charge in [-0.1, -0.05) is 30.3 Å². The van der Waals surface area contributed by atoms with Crippen LogP contribution in [0.5, 0.6) is 0 Å². The van der Waals surface area contributed by atoms with Crippen molar-refractivity contribution in [1.82, 2.24) is 15.6 Å². The second-order valence-electron chi connectivity index (χ2n) is 6.66. The molecule has 2 aliphatic heterocycles. The van der Waals surface area contributed by atoms with Crippen molar-refractivity contribution in [2.45, 2.75) is 42.1 Å². The Bertz CT molecular complexity index is 756. The number of benzene rings is 1. The van der Waals surface area contributed by atoms with Crippen molar-refractivity contribution in [3.63, 3.8) is 0 Å². The number of rotatable bonds is 6. The van der Waals surface area contributed by atoms with Crippen LogP contribution in [0.1, 0.15) is 25.5 Å². The van der Waals surface area contributed by atoms with E-state index in [1.807, 2.05) is 0 Å². The van der Waals surface area contributed by atoms with E-state index in [0.717, 1.165) is 0 Å². The zero-order chi connectivity index (χ0) is 19.1. The molecule has 1 aromatic carbocycles. The first kappa shape index (κ1) is 18.2. The number of thioether (sulfide) groups is 1. The van der Waals surface area contributed by atoms with Gasteiger partial charge in [0, 0.05) is 4.75 Å². The zero-order valence-corrected chi connectivity index (χ0v) is 14.9. The number of fused-ring (bicyclic) bond motifs is 1. The SMILES string of the molecule is CC1(C)S[C@@H]2[C@H](NC(=O)[C@H](NN=[N-])c3ccccc3)C(=O)N2[C@H]1C(=O)O. The van der Waals surface area contributed by atoms with Crippen molar-refractivity contribution in [2.75, 3.05) is 0 Å². The number of aliphatic carboxylic acids is 1. The van der Waals surface area contributed by atoms with E-state index in [1.165, 1.54) is 16.7 Å². The van der Waals surface area contributed by atoms with Gasteiger partial charge in [-0.3, -0.25) is 14.8 Å². The molecule has 3 N–H and O–H groups in total. The Morgan fingerprint density at radius 2 is 2.00 bits per heavy atom. The van der Waals surface area contributed by atoms with Crippen LogP contribution in [0, 0.1) is 0 Å². The van der Waals surface area contributed by atoms with Crippen molar-refractivity contribution in [1.29, 1.82) is 0 Å². The predicted molar refractivity (Wildman–Crippen MR) is 93.8 cm³/mol. The summed E-state index contributed by atoms with van der Waals surface area (Å²) in [5.74, 6) is -2.03. The van der Waals surface area contributed by atoms with Gasteiger partial charge in [0.25, 0.3) is 0 Å². The second kappa shape index (κ2) is 6.60. The van der Waals surface area contributed by atoms with Crippen LogP contribution in [-0.2, 0) is 14.4 Å². The molecule has 0 aliphatic carbocycles. The minimum absolute atomic E-state index is 0.429. The molecule has 2 amide bonds. The first-order valence-corrected chi connectivity index (χ1v) is 8.83. The van der Waals surface area contributed by atoms with Crippen molar-refractivity contribution in [3.8, 4) is 0 Å². The van der Waals surface area contributed by atoms with Crippen molar-refractivity contribution in [2.24, 2.45) is 5.22 Å². The average molecular weight is 376 g/mol. The lowest BCUT2D eigenvalue weighted by Crippen LogP contribution is -2.71. The Kier molecular flexibility index (Phi) is 4.61. The summed E-state index contributed by atoms with van der Waals surface area (Å²) in [6, 6.07) is 5.89. The number of hydrogen-bond donors (Lipinski definition) is 3. The van der Waals surface area contributed by atoms with E-state index in [9.17, 15) is 19.5 Å². The van der Waals surface area contributed by atoms with Gasteiger partial charge in [0.2, 0.25) is 11.8 Å². The van der Waals surface area contributed by atoms with E-state index in [-0.39, 0.29) is 0 Å². The fourth-order valence-corrected chi connectivity index (χ4v) is 5.00. The Labute approximate surface area is 154 Å². The van der Waals surface area contributed by atoms with Crippen molar-refractivity contribution in [3.05, 3.63) is 41.4 Å². The van der Waals surface area contributed by atoms with Gasteiger partial charge in [0.1, 0.15) is 17.5 Å². The van der Waals surface area contributed by atoms with Gasteiger partial charge in [-0.2, -0.15) is 0 Å². The molecular formula is C16H18N5O4S-. The highest BCUT2D eigenvalue weighted by Crippen LogP contribution is 2.50. The van der Waals surface area contributed by atoms with Crippen LogP contribution in [0.15, 0.2) is 35.6 Å². The Balaban J connectivity index is 1.75. The second-order valence-corrected chi connectivity index (χ2v) is 8.43. The van der Waals surface area contributed by atoms with E-state index in [2.05, 4.69) is 16.0 Å². The molecule has 9 nitrogen and oxygen atoms in total. The molecule has 0 radical (unpaired) electrons. The molecule has 26 heavy (non-hydrogen) atoms. The molecule has 1 aromatic rings. The smallest absolute Gasteiger partial charge is 0.327 e. The molecule has 2 saturated heterocycles. The topological polar surface area (TPSA) is 133 Å². The summed E-state index contributed by atoms with van der Waals surface area (Å²) in [4.78, 5) is 37.9. The van der Waals surface area contributed by atoms with Gasteiger partial charge >= 0.3 is 5.97 Å². The van der Waals surface area contributed by atoms with Gasteiger partial charge in [-0.15, -0.1) is 11.8 Å². The van der Waals surface area contributed by atoms with Crippen LogP contribution >= 0.6 is 11.8 Å². The van der Waals surface area contributed by atoms with Crippen LogP contribution < -0.4 is 10.7 Å². The first-order valence-electron chi connectivity index (χ1n) is 7.95. The molecule has 138 valence electrons. The number of carboxylic acid groups (broad SMARTS) is 1. The molecule has 2 aliphatic rings. The fraction of sp³-hybridized carbons (Fsp3) is 0.438. The summed E-state index contributed by atoms with van der Waals surface area (Å²) in [5, 5.41) is 14.5. The molecule has 0 unspecified atom stereocenters. The molecule has 0 spiro atoms. The first-order chi connectivity index (χ1) is 12.3. The standard InChI is InChI=1S/C16H18N5O4S/c1-16(2)11(15(24)25)21-13(23)10(14(21)26-16)18-12(22)9(19-20-17)8-6-4-3-5-7-8/h3-7,9-11,14H,1-2H3,(H3-,17,18,19,22,24,25)/q-1/t9-,10-,11+,14-/m1/s1. The number of β-lactam (4-membered cyclic amide) rings is 1. The molecule has 10 heteroatoms. The number of carbonyl (C=O) groups excluding carboxylic acids is 2. The van der Waals surface area contributed by atoms with E-state index in [4.69, 9.17) is 5.53 Å². The van der Waals surface area contributed by atoms with Crippen LogP contribution in [0.25, 0.3) is 5.53 Å².